The van der Waals surface area contributed by atoms with Gasteiger partial charge in [-0.25, -0.2) is 4.79 Å². The summed E-state index contributed by atoms with van der Waals surface area (Å²) in [5.41, 5.74) is 0.0806. The summed E-state index contributed by atoms with van der Waals surface area (Å²) in [6.07, 6.45) is 2.57. The molecular formula is C24H33N5O4S. The molecule has 34 heavy (non-hydrogen) atoms. The number of hydrogen-bond acceptors (Lipinski definition) is 5. The Hall–Kier alpha value is -2.88. The molecule has 10 heteroatoms. The predicted molar refractivity (Wildman–Crippen MR) is 131 cm³/mol. The van der Waals surface area contributed by atoms with Gasteiger partial charge in [-0.3, -0.25) is 14.5 Å². The largest absolute Gasteiger partial charge is 0.497 e. The predicted octanol–water partition coefficient (Wildman–Crippen LogP) is 1.41. The number of rotatable bonds is 6. The fraction of sp³-hybridized carbons (Fsp3) is 0.583. The van der Waals surface area contributed by atoms with Crippen LogP contribution in [0, 0.1) is 5.92 Å². The summed E-state index contributed by atoms with van der Waals surface area (Å²) < 4.78 is 5.18. The highest BCUT2D eigenvalue weighted by atomic mass is 32.1. The van der Waals surface area contributed by atoms with Crippen LogP contribution in [-0.4, -0.2) is 77.1 Å². The molecule has 0 spiro atoms. The van der Waals surface area contributed by atoms with Crippen molar-refractivity contribution in [1.29, 1.82) is 0 Å². The molecule has 0 aliphatic carbocycles. The van der Waals surface area contributed by atoms with Gasteiger partial charge in [0, 0.05) is 25.7 Å². The minimum atomic E-state index is -0.949. The Labute approximate surface area is 205 Å². The Morgan fingerprint density at radius 2 is 1.85 bits per heavy atom. The maximum absolute atomic E-state index is 13.3. The number of thiocarbonyl (C=S) groups is 1. The van der Waals surface area contributed by atoms with E-state index in [0.717, 1.165) is 11.3 Å². The molecule has 4 amide bonds. The van der Waals surface area contributed by atoms with Crippen molar-refractivity contribution in [2.75, 3.05) is 26.7 Å². The third kappa shape index (κ3) is 4.82. The van der Waals surface area contributed by atoms with Crippen LogP contribution in [0.2, 0.25) is 0 Å². The Balaban J connectivity index is 1.33. The molecule has 0 bridgehead atoms. The van der Waals surface area contributed by atoms with Crippen LogP contribution in [0.15, 0.2) is 24.3 Å². The van der Waals surface area contributed by atoms with Gasteiger partial charge in [0.1, 0.15) is 17.3 Å². The molecule has 0 radical (unpaired) electrons. The molecule has 1 unspecified atom stereocenters. The van der Waals surface area contributed by atoms with Crippen LogP contribution in [0.3, 0.4) is 0 Å². The highest BCUT2D eigenvalue weighted by molar-refractivity contribution is 7.80. The topological polar surface area (TPSA) is 103 Å². The molecule has 3 fully saturated rings. The molecule has 0 saturated carbocycles. The van der Waals surface area contributed by atoms with Gasteiger partial charge in [-0.1, -0.05) is 12.1 Å². The molecule has 1 aromatic rings. The van der Waals surface area contributed by atoms with Crippen LogP contribution < -0.4 is 20.7 Å². The molecule has 3 heterocycles. The number of benzene rings is 1. The Morgan fingerprint density at radius 3 is 2.47 bits per heavy atom. The van der Waals surface area contributed by atoms with E-state index in [-0.39, 0.29) is 35.8 Å². The zero-order valence-corrected chi connectivity index (χ0v) is 20.7. The lowest BCUT2D eigenvalue weighted by atomic mass is 9.78. The second kappa shape index (κ2) is 9.77. The van der Waals surface area contributed by atoms with Crippen LogP contribution in [0.5, 0.6) is 5.75 Å². The lowest BCUT2D eigenvalue weighted by Gasteiger charge is -2.41. The van der Waals surface area contributed by atoms with E-state index >= 15 is 0 Å². The van der Waals surface area contributed by atoms with Crippen molar-refractivity contribution in [3.05, 3.63) is 29.8 Å². The number of nitrogens with zero attached hydrogens (tertiary/aromatic N) is 2. The van der Waals surface area contributed by atoms with Crippen molar-refractivity contribution in [1.82, 2.24) is 25.8 Å². The van der Waals surface area contributed by atoms with Gasteiger partial charge in [0.15, 0.2) is 5.11 Å². The molecule has 3 aliphatic heterocycles. The third-order valence-corrected chi connectivity index (χ3v) is 7.51. The molecular weight excluding hydrogens is 454 g/mol. The highest BCUT2D eigenvalue weighted by Crippen LogP contribution is 2.34. The number of nitrogens with one attached hydrogen (secondary N) is 3. The molecule has 4 rings (SSSR count). The number of amides is 4. The molecule has 184 valence electrons. The average Bonchev–Trinajstić information content (AvgIpc) is 3.05. The molecule has 3 N–H and O–H groups in total. The fourth-order valence-electron chi connectivity index (χ4n) is 5.18. The number of piperidine rings is 1. The monoisotopic (exact) mass is 487 g/mol. The minimum Gasteiger partial charge on any atom is -0.497 e. The molecule has 3 atom stereocenters. The summed E-state index contributed by atoms with van der Waals surface area (Å²) in [6.45, 7) is 5.26. The Morgan fingerprint density at radius 1 is 1.18 bits per heavy atom. The number of imide groups is 1. The van der Waals surface area contributed by atoms with Crippen LogP contribution in [0.1, 0.15) is 38.7 Å². The first-order valence-corrected chi connectivity index (χ1v) is 12.2. The van der Waals surface area contributed by atoms with Gasteiger partial charge in [0.05, 0.1) is 7.11 Å². The maximum Gasteiger partial charge on any atom is 0.325 e. The van der Waals surface area contributed by atoms with E-state index in [4.69, 9.17) is 17.0 Å². The maximum atomic E-state index is 13.3. The zero-order valence-electron chi connectivity index (χ0n) is 19.9. The first-order chi connectivity index (χ1) is 16.2. The number of hydrogen-bond donors (Lipinski definition) is 3. The summed E-state index contributed by atoms with van der Waals surface area (Å²) in [5, 5.41) is 9.65. The van der Waals surface area contributed by atoms with Crippen molar-refractivity contribution in [3.8, 4) is 5.75 Å². The highest BCUT2D eigenvalue weighted by Gasteiger charge is 2.52. The number of urea groups is 1. The van der Waals surface area contributed by atoms with Crippen LogP contribution in [-0.2, 0) is 16.0 Å². The number of methoxy groups -OCH3 is 1. The SMILES string of the molecule is COc1ccc(CCN2C(=O)NC(C)(C3CCN(C(=O)[C@@H]4C[C@@H](C)NC(=S)N4)CC3)C2=O)cc1. The van der Waals surface area contributed by atoms with Gasteiger partial charge in [0.2, 0.25) is 5.91 Å². The molecule has 0 aromatic heterocycles. The van der Waals surface area contributed by atoms with Gasteiger partial charge in [-0.05, 0) is 75.4 Å². The van der Waals surface area contributed by atoms with Crippen LogP contribution in [0.4, 0.5) is 4.79 Å². The molecule has 3 aliphatic rings. The normalized spacial score (nSPS) is 27.8. The summed E-state index contributed by atoms with van der Waals surface area (Å²) >= 11 is 5.20. The quantitative estimate of drug-likeness (QED) is 0.412. The van der Waals surface area contributed by atoms with Gasteiger partial charge in [-0.2, -0.15) is 0 Å². The molecule has 1 aromatic carbocycles. The van der Waals surface area contributed by atoms with Crippen LogP contribution in [0.25, 0.3) is 0 Å². The van der Waals surface area contributed by atoms with E-state index in [1.807, 2.05) is 43.0 Å². The van der Waals surface area contributed by atoms with Crippen molar-refractivity contribution in [2.45, 2.75) is 57.2 Å². The van der Waals surface area contributed by atoms with Gasteiger partial charge >= 0.3 is 6.03 Å². The van der Waals surface area contributed by atoms with Gasteiger partial charge < -0.3 is 25.6 Å². The average molecular weight is 488 g/mol. The van der Waals surface area contributed by atoms with Crippen molar-refractivity contribution < 1.29 is 19.1 Å². The zero-order chi connectivity index (χ0) is 24.5. The number of carbonyl (C=O) groups excluding carboxylic acids is 3. The molecule has 3 saturated heterocycles. The first kappa shape index (κ1) is 24.3. The smallest absolute Gasteiger partial charge is 0.325 e. The lowest BCUT2D eigenvalue weighted by molar-refractivity contribution is -0.137. The Kier molecular flexibility index (Phi) is 6.97. The lowest BCUT2D eigenvalue weighted by Crippen LogP contribution is -2.60. The molecule has 9 nitrogen and oxygen atoms in total. The summed E-state index contributed by atoms with van der Waals surface area (Å²) in [7, 11) is 1.61. The van der Waals surface area contributed by atoms with E-state index < -0.39 is 5.54 Å². The number of ether oxygens (including phenoxy) is 1. The van der Waals surface area contributed by atoms with E-state index in [2.05, 4.69) is 16.0 Å². The first-order valence-electron chi connectivity index (χ1n) is 11.8. The number of likely N-dealkylation sites (tertiary alicyclic amines) is 1. The fourth-order valence-corrected chi connectivity index (χ4v) is 5.53. The second-order valence-corrected chi connectivity index (χ2v) is 10.0. The van der Waals surface area contributed by atoms with Gasteiger partial charge in [0.25, 0.3) is 5.91 Å². The Bertz CT molecular complexity index is 963. The van der Waals surface area contributed by atoms with E-state index in [0.29, 0.717) is 50.4 Å². The van der Waals surface area contributed by atoms with Crippen molar-refractivity contribution in [2.24, 2.45) is 5.92 Å². The summed E-state index contributed by atoms with van der Waals surface area (Å²) in [5.74, 6) is 0.599. The van der Waals surface area contributed by atoms with Gasteiger partial charge in [-0.15, -0.1) is 0 Å². The van der Waals surface area contributed by atoms with Crippen molar-refractivity contribution >= 4 is 35.2 Å². The second-order valence-electron chi connectivity index (χ2n) is 9.59. The van der Waals surface area contributed by atoms with Crippen molar-refractivity contribution in [3.63, 3.8) is 0 Å². The summed E-state index contributed by atoms with van der Waals surface area (Å²) in [6, 6.07) is 7.09. The standard InChI is InChI=1S/C24H33N5O4S/c1-15-14-19(26-22(34)25-15)20(30)28-11-9-17(10-12-28)24(2)21(31)29(23(32)27-24)13-8-16-4-6-18(33-3)7-5-16/h4-7,15,17,19H,8-14H2,1-3H3,(H,27,32)(H2,25,26,34)/t15-,19+,24?/m1/s1. The minimum absolute atomic E-state index is 0.0278. The van der Waals surface area contributed by atoms with Crippen LogP contribution >= 0.6 is 12.2 Å². The summed E-state index contributed by atoms with van der Waals surface area (Å²) in [4.78, 5) is 42.2. The van der Waals surface area contributed by atoms with E-state index in [9.17, 15) is 14.4 Å². The number of carbonyl (C=O) groups is 3. The third-order valence-electron chi connectivity index (χ3n) is 7.28. The van der Waals surface area contributed by atoms with E-state index in [1.165, 1.54) is 4.90 Å². The van der Waals surface area contributed by atoms with E-state index in [1.54, 1.807) is 7.11 Å².